The number of aryl methyl sites for hydroxylation is 1. The third-order valence-corrected chi connectivity index (χ3v) is 13.5. The molecule has 0 bridgehead atoms. The van der Waals surface area contributed by atoms with Crippen molar-refractivity contribution in [1.82, 2.24) is 29.8 Å². The van der Waals surface area contributed by atoms with Crippen molar-refractivity contribution in [2.45, 2.75) is 102 Å². The number of anilines is 2. The van der Waals surface area contributed by atoms with Crippen molar-refractivity contribution in [1.29, 1.82) is 0 Å². The molecule has 0 spiro atoms. The molecule has 0 radical (unpaired) electrons. The zero-order valence-electron chi connectivity index (χ0n) is 44.1. The molecule has 3 unspecified atom stereocenters. The van der Waals surface area contributed by atoms with Crippen LogP contribution in [-0.4, -0.2) is 133 Å². The molecular weight excluding hydrogens is 1020 g/mol. The van der Waals surface area contributed by atoms with Crippen LogP contribution >= 0.6 is 0 Å². The van der Waals surface area contributed by atoms with Crippen molar-refractivity contribution in [2.75, 3.05) is 50.2 Å². The highest BCUT2D eigenvalue weighted by atomic mass is 19.1. The first-order valence-electron chi connectivity index (χ1n) is 26.5. The molecule has 1 fully saturated rings. The van der Waals surface area contributed by atoms with Crippen molar-refractivity contribution >= 4 is 46.9 Å². The van der Waals surface area contributed by atoms with Gasteiger partial charge in [0.2, 0.25) is 11.8 Å². The number of hydrogen-bond acceptors (Lipinski definition) is 14. The number of carboxylic acids is 1. The molecule has 2 aliphatic heterocycles. The van der Waals surface area contributed by atoms with E-state index in [9.17, 15) is 48.5 Å². The summed E-state index contributed by atoms with van der Waals surface area (Å²) in [5, 5.41) is 47.5. The number of carbonyl (C=O) groups excluding carboxylic acids is 5. The molecule has 4 aromatic carbocycles. The van der Waals surface area contributed by atoms with Gasteiger partial charge in [-0.3, -0.25) is 39.0 Å². The molecule has 2 aromatic heterocycles. The zero-order valence-corrected chi connectivity index (χ0v) is 44.1. The highest BCUT2D eigenvalue weighted by molar-refractivity contribution is 6.25. The molecule has 79 heavy (non-hydrogen) atoms. The first-order valence-corrected chi connectivity index (χ1v) is 26.5. The van der Waals surface area contributed by atoms with E-state index in [1.807, 2.05) is 67.1 Å². The number of aliphatic carboxylic acids is 1. The fourth-order valence-electron chi connectivity index (χ4n) is 9.90. The van der Waals surface area contributed by atoms with Gasteiger partial charge in [0, 0.05) is 48.3 Å². The average molecular weight is 1090 g/mol. The monoisotopic (exact) mass is 1080 g/mol. The number of imide groups is 2. The van der Waals surface area contributed by atoms with E-state index in [4.69, 9.17) is 14.2 Å². The van der Waals surface area contributed by atoms with Crippen LogP contribution in [0.2, 0.25) is 0 Å². The predicted octanol–water partition coefficient (Wildman–Crippen LogP) is 6.85. The SMILES string of the molecule is CC(C)c1c(C(=O)Nc2ccccc2)c(-c2cccc(OCCCCc3cn(CCOCCOCCNc4cccc5c4C(=O)N(C4CCC(=O)NC4=O)C5=O)nn3)c2)c(-c2ccc(F)cc2)n1CCC(O)CC(O)CC(=O)O. The number of aromatic nitrogens is 4. The number of halogens is 1. The van der Waals surface area contributed by atoms with Crippen LogP contribution in [0.1, 0.15) is 107 Å². The molecule has 6 aromatic rings. The Morgan fingerprint density at radius 2 is 1.58 bits per heavy atom. The van der Waals surface area contributed by atoms with E-state index in [0.29, 0.717) is 110 Å². The Morgan fingerprint density at radius 1 is 0.823 bits per heavy atom. The van der Waals surface area contributed by atoms with E-state index < -0.39 is 60.1 Å². The number of benzene rings is 4. The number of hydrogen-bond donors (Lipinski definition) is 6. The average Bonchev–Trinajstić information content (AvgIpc) is 3.72. The number of carbonyl (C=O) groups is 6. The molecule has 3 atom stereocenters. The fourth-order valence-corrected chi connectivity index (χ4v) is 9.90. The number of nitrogens with zero attached hydrogens (tertiary/aromatic N) is 5. The minimum Gasteiger partial charge on any atom is -0.494 e. The number of carboxylic acid groups (broad SMARTS) is 1. The van der Waals surface area contributed by atoms with Gasteiger partial charge < -0.3 is 44.7 Å². The summed E-state index contributed by atoms with van der Waals surface area (Å²) in [6, 6.07) is 26.4. The number of rotatable bonds is 29. The topological polar surface area (TPSA) is 266 Å². The number of nitrogens with one attached hydrogen (secondary N) is 3. The number of para-hydroxylation sites is 1. The fraction of sp³-hybridized carbons (Fsp3) is 0.379. The lowest BCUT2D eigenvalue weighted by Crippen LogP contribution is -2.54. The van der Waals surface area contributed by atoms with Crippen LogP contribution in [0.5, 0.6) is 5.75 Å². The number of ether oxygens (including phenoxy) is 3. The Hall–Kier alpha value is -8.11. The Morgan fingerprint density at radius 3 is 2.33 bits per heavy atom. The van der Waals surface area contributed by atoms with E-state index >= 15 is 0 Å². The number of piperidine rings is 1. The summed E-state index contributed by atoms with van der Waals surface area (Å²) < 4.78 is 35.9. The number of unbranched alkanes of at least 4 members (excludes halogenated alkanes) is 1. The molecule has 416 valence electrons. The maximum absolute atomic E-state index is 14.7. The molecule has 2 aliphatic rings. The van der Waals surface area contributed by atoms with Gasteiger partial charge in [-0.05, 0) is 116 Å². The minimum atomic E-state index is -1.25. The predicted molar refractivity (Wildman–Crippen MR) is 289 cm³/mol. The molecule has 21 heteroatoms. The first-order chi connectivity index (χ1) is 38.2. The molecule has 0 aliphatic carbocycles. The number of aliphatic hydroxyl groups excluding tert-OH is 2. The lowest BCUT2D eigenvalue weighted by Gasteiger charge is -2.27. The Kier molecular flexibility index (Phi) is 19.5. The second-order valence-corrected chi connectivity index (χ2v) is 19.7. The molecule has 1 saturated heterocycles. The zero-order chi connectivity index (χ0) is 56.0. The molecule has 8 rings (SSSR count). The number of amides is 5. The molecule has 0 saturated carbocycles. The van der Waals surface area contributed by atoms with Gasteiger partial charge in [0.15, 0.2) is 0 Å². The van der Waals surface area contributed by atoms with Crippen LogP contribution in [0, 0.1) is 5.82 Å². The quantitative estimate of drug-likeness (QED) is 0.0207. The summed E-state index contributed by atoms with van der Waals surface area (Å²) in [6.07, 6.45) is 1.29. The van der Waals surface area contributed by atoms with Crippen molar-refractivity contribution in [3.05, 3.63) is 137 Å². The second kappa shape index (κ2) is 27.0. The van der Waals surface area contributed by atoms with E-state index in [-0.39, 0.29) is 55.2 Å². The highest BCUT2D eigenvalue weighted by Gasteiger charge is 2.45. The number of fused-ring (bicyclic) bond motifs is 1. The van der Waals surface area contributed by atoms with Crippen molar-refractivity contribution in [3.8, 4) is 28.1 Å². The molecular formula is C58H65FN8O12. The summed E-state index contributed by atoms with van der Waals surface area (Å²) in [5.41, 5.74) is 5.79. The largest absolute Gasteiger partial charge is 0.494 e. The van der Waals surface area contributed by atoms with Crippen molar-refractivity contribution in [3.63, 3.8) is 0 Å². The van der Waals surface area contributed by atoms with E-state index in [1.54, 1.807) is 47.1 Å². The maximum Gasteiger partial charge on any atom is 0.305 e. The Bertz CT molecular complexity index is 3130. The third-order valence-electron chi connectivity index (χ3n) is 13.5. The van der Waals surface area contributed by atoms with Crippen LogP contribution in [0.3, 0.4) is 0 Å². The summed E-state index contributed by atoms with van der Waals surface area (Å²) in [4.78, 5) is 77.3. The number of aliphatic hydroxyl groups is 2. The summed E-state index contributed by atoms with van der Waals surface area (Å²) in [6.45, 7) is 6.67. The van der Waals surface area contributed by atoms with Crippen molar-refractivity contribution in [2.24, 2.45) is 0 Å². The normalized spacial score (nSPS) is 15.1. The van der Waals surface area contributed by atoms with E-state index in [0.717, 1.165) is 17.0 Å². The van der Waals surface area contributed by atoms with Crippen LogP contribution in [-0.2, 0) is 43.4 Å². The Balaban J connectivity index is 0.823. The van der Waals surface area contributed by atoms with Gasteiger partial charge in [0.1, 0.15) is 17.6 Å². The summed E-state index contributed by atoms with van der Waals surface area (Å²) >= 11 is 0. The lowest BCUT2D eigenvalue weighted by atomic mass is 9.94. The summed E-state index contributed by atoms with van der Waals surface area (Å²) in [7, 11) is 0. The summed E-state index contributed by atoms with van der Waals surface area (Å²) in [5.74, 6) is -3.89. The highest BCUT2D eigenvalue weighted by Crippen LogP contribution is 2.44. The van der Waals surface area contributed by atoms with Gasteiger partial charge in [-0.15, -0.1) is 5.10 Å². The molecule has 6 N–H and O–H groups in total. The van der Waals surface area contributed by atoms with Gasteiger partial charge in [0.05, 0.1) is 86.3 Å². The molecule has 20 nitrogen and oxygen atoms in total. The van der Waals surface area contributed by atoms with E-state index in [1.165, 1.54) is 12.1 Å². The van der Waals surface area contributed by atoms with Gasteiger partial charge >= 0.3 is 5.97 Å². The Labute approximate surface area is 455 Å². The second-order valence-electron chi connectivity index (χ2n) is 19.7. The standard InChI is InChI=1S/C58H65FN8O12/c1-36(2)53-52(56(74)61-40-11-4-3-5-12-40)50(54(37-17-19-39(59)20-18-37)66(53)25-23-42(68)33-43(69)34-49(71)72)38-10-8-14-44(32-38)79-27-7-6-13-41-35-65(64-63-41)26-29-78-31-30-77-28-24-60-46-16-9-15-45-51(46)58(76)67(57(45)75)47-21-22-48(70)62-55(47)73/h3-5,8-12,14-20,32,35-36,42-43,47,60,68-69H,6-7,13,21-31,33-34H2,1-2H3,(H,61,74)(H,71,72)(H,62,70,73). The van der Waals surface area contributed by atoms with E-state index in [2.05, 4.69) is 26.3 Å². The molecule has 5 amide bonds. The smallest absolute Gasteiger partial charge is 0.305 e. The third kappa shape index (κ3) is 14.5. The molecule has 4 heterocycles. The van der Waals surface area contributed by atoms with Gasteiger partial charge in [-0.25, -0.2) is 9.07 Å². The van der Waals surface area contributed by atoms with Crippen LogP contribution in [0.25, 0.3) is 22.4 Å². The van der Waals surface area contributed by atoms with Crippen LogP contribution in [0.15, 0.2) is 103 Å². The van der Waals surface area contributed by atoms with Gasteiger partial charge in [-0.2, -0.15) is 0 Å². The first kappa shape index (κ1) is 57.1. The van der Waals surface area contributed by atoms with Gasteiger partial charge in [-0.1, -0.05) is 55.5 Å². The minimum absolute atomic E-state index is 0.0404. The van der Waals surface area contributed by atoms with Crippen LogP contribution < -0.4 is 20.7 Å². The van der Waals surface area contributed by atoms with Gasteiger partial charge in [0.25, 0.3) is 17.7 Å². The van der Waals surface area contributed by atoms with Crippen LogP contribution in [0.4, 0.5) is 15.8 Å². The lowest BCUT2D eigenvalue weighted by molar-refractivity contribution is -0.140. The van der Waals surface area contributed by atoms with Crippen molar-refractivity contribution < 1.29 is 62.7 Å². The maximum atomic E-state index is 14.7.